The Morgan fingerprint density at radius 3 is 2.33 bits per heavy atom. The Bertz CT molecular complexity index is 551. The van der Waals surface area contributed by atoms with Crippen LogP contribution in [-0.2, 0) is 21.4 Å². The van der Waals surface area contributed by atoms with Gasteiger partial charge in [0.25, 0.3) is 5.69 Å². The zero-order valence-electron chi connectivity index (χ0n) is 9.07. The summed E-state index contributed by atoms with van der Waals surface area (Å²) in [6.07, 6.45) is 0. The molecule has 0 aromatic heterocycles. The highest BCUT2D eigenvalue weighted by atomic mass is 32.2. The van der Waals surface area contributed by atoms with Gasteiger partial charge in [0.2, 0.25) is 10.0 Å². The zero-order valence-corrected chi connectivity index (χ0v) is 9.88. The molecular formula is C9H10N2O6S. The van der Waals surface area contributed by atoms with Crippen LogP contribution in [0.3, 0.4) is 0 Å². The highest BCUT2D eigenvalue weighted by Gasteiger charge is 2.15. The molecule has 8 nitrogen and oxygen atoms in total. The van der Waals surface area contributed by atoms with Crippen LogP contribution in [-0.4, -0.2) is 30.2 Å². The maximum absolute atomic E-state index is 11.2. The number of hydrogen-bond acceptors (Lipinski definition) is 5. The van der Waals surface area contributed by atoms with E-state index in [-0.39, 0.29) is 12.2 Å². The number of hydrogen-bond donors (Lipinski definition) is 2. The SMILES string of the molecule is O=C(O)CS(=O)(=O)NCc1ccc([N+](=O)[O-])cc1. The van der Waals surface area contributed by atoms with E-state index in [9.17, 15) is 23.3 Å². The molecule has 1 rings (SSSR count). The van der Waals surface area contributed by atoms with Crippen molar-refractivity contribution in [2.24, 2.45) is 0 Å². The van der Waals surface area contributed by atoms with E-state index in [4.69, 9.17) is 5.11 Å². The highest BCUT2D eigenvalue weighted by Crippen LogP contribution is 2.11. The second kappa shape index (κ2) is 5.56. The van der Waals surface area contributed by atoms with E-state index in [0.717, 1.165) is 0 Å². The van der Waals surface area contributed by atoms with Crippen LogP contribution in [0.5, 0.6) is 0 Å². The van der Waals surface area contributed by atoms with Gasteiger partial charge in [-0.05, 0) is 5.56 Å². The Balaban J connectivity index is 2.64. The third-order valence-corrected chi connectivity index (χ3v) is 3.17. The molecule has 0 aliphatic rings. The predicted octanol–water partition coefficient (Wildman–Crippen LogP) is 0.0988. The highest BCUT2D eigenvalue weighted by molar-refractivity contribution is 7.90. The molecule has 0 unspecified atom stereocenters. The van der Waals surface area contributed by atoms with Crippen molar-refractivity contribution < 1.29 is 23.2 Å². The number of carboxylic acid groups (broad SMARTS) is 1. The number of sulfonamides is 1. The van der Waals surface area contributed by atoms with Crippen molar-refractivity contribution in [3.63, 3.8) is 0 Å². The number of rotatable bonds is 6. The first-order chi connectivity index (χ1) is 8.30. The summed E-state index contributed by atoms with van der Waals surface area (Å²) in [6.45, 7) is -0.117. The van der Waals surface area contributed by atoms with Gasteiger partial charge in [-0.1, -0.05) is 12.1 Å². The molecule has 1 aromatic carbocycles. The van der Waals surface area contributed by atoms with Crippen molar-refractivity contribution in [1.82, 2.24) is 4.72 Å². The summed E-state index contributed by atoms with van der Waals surface area (Å²) in [5.41, 5.74) is 0.390. The van der Waals surface area contributed by atoms with Crippen LogP contribution < -0.4 is 4.72 Å². The van der Waals surface area contributed by atoms with Crippen molar-refractivity contribution >= 4 is 21.7 Å². The smallest absolute Gasteiger partial charge is 0.320 e. The minimum Gasteiger partial charge on any atom is -0.480 e. The average Bonchev–Trinajstić information content (AvgIpc) is 2.25. The normalized spacial score (nSPS) is 11.1. The maximum atomic E-state index is 11.2. The number of nitro benzene ring substituents is 1. The standard InChI is InChI=1S/C9H10N2O6S/c12-9(13)6-18(16,17)10-5-7-1-3-8(4-2-7)11(14)15/h1-4,10H,5-6H2,(H,12,13). The van der Waals surface area contributed by atoms with E-state index in [1.807, 2.05) is 0 Å². The summed E-state index contributed by atoms with van der Waals surface area (Å²) in [5, 5.41) is 18.7. The molecule has 18 heavy (non-hydrogen) atoms. The number of nitrogens with one attached hydrogen (secondary N) is 1. The Labute approximate surface area is 102 Å². The number of benzene rings is 1. The molecule has 0 aliphatic heterocycles. The van der Waals surface area contributed by atoms with Crippen LogP contribution >= 0.6 is 0 Å². The lowest BCUT2D eigenvalue weighted by Gasteiger charge is -2.04. The topological polar surface area (TPSA) is 127 Å². The molecule has 1 aromatic rings. The molecule has 98 valence electrons. The summed E-state index contributed by atoms with van der Waals surface area (Å²) >= 11 is 0. The van der Waals surface area contributed by atoms with Gasteiger partial charge in [0, 0.05) is 18.7 Å². The number of carboxylic acids is 1. The number of carbonyl (C=O) groups is 1. The van der Waals surface area contributed by atoms with Crippen LogP contribution in [0.1, 0.15) is 5.56 Å². The Morgan fingerprint density at radius 1 is 1.33 bits per heavy atom. The lowest BCUT2D eigenvalue weighted by atomic mass is 10.2. The van der Waals surface area contributed by atoms with Crippen LogP contribution in [0, 0.1) is 10.1 Å². The first kappa shape index (κ1) is 14.1. The van der Waals surface area contributed by atoms with Gasteiger partial charge in [0.05, 0.1) is 4.92 Å². The zero-order chi connectivity index (χ0) is 13.8. The van der Waals surface area contributed by atoms with E-state index in [0.29, 0.717) is 5.56 Å². The predicted molar refractivity (Wildman–Crippen MR) is 61.4 cm³/mol. The molecule has 0 spiro atoms. The molecule has 0 amide bonds. The van der Waals surface area contributed by atoms with Crippen molar-refractivity contribution in [3.8, 4) is 0 Å². The summed E-state index contributed by atoms with van der Waals surface area (Å²) in [6, 6.07) is 5.25. The molecule has 0 atom stereocenters. The number of non-ortho nitro benzene ring substituents is 1. The van der Waals surface area contributed by atoms with Crippen LogP contribution in [0.15, 0.2) is 24.3 Å². The van der Waals surface area contributed by atoms with E-state index < -0.39 is 26.7 Å². The molecule has 0 radical (unpaired) electrons. The summed E-state index contributed by atoms with van der Waals surface area (Å²) in [5.74, 6) is -2.47. The number of nitrogens with zero attached hydrogens (tertiary/aromatic N) is 1. The van der Waals surface area contributed by atoms with E-state index >= 15 is 0 Å². The summed E-state index contributed by atoms with van der Waals surface area (Å²) in [7, 11) is -3.89. The number of nitro groups is 1. The van der Waals surface area contributed by atoms with Gasteiger partial charge in [-0.3, -0.25) is 14.9 Å². The minimum absolute atomic E-state index is 0.104. The fourth-order valence-corrected chi connectivity index (χ4v) is 1.96. The van der Waals surface area contributed by atoms with Crippen LogP contribution in [0.2, 0.25) is 0 Å². The Morgan fingerprint density at radius 2 is 1.89 bits per heavy atom. The van der Waals surface area contributed by atoms with Gasteiger partial charge < -0.3 is 5.11 Å². The second-order valence-corrected chi connectivity index (χ2v) is 5.20. The minimum atomic E-state index is -3.89. The van der Waals surface area contributed by atoms with Crippen LogP contribution in [0.4, 0.5) is 5.69 Å². The van der Waals surface area contributed by atoms with Crippen molar-refractivity contribution in [2.75, 3.05) is 5.75 Å². The second-order valence-electron chi connectivity index (χ2n) is 3.40. The largest absolute Gasteiger partial charge is 0.480 e. The molecule has 0 aliphatic carbocycles. The van der Waals surface area contributed by atoms with E-state index in [1.54, 1.807) is 0 Å². The van der Waals surface area contributed by atoms with Crippen molar-refractivity contribution in [3.05, 3.63) is 39.9 Å². The quantitative estimate of drug-likeness (QED) is 0.559. The van der Waals surface area contributed by atoms with Gasteiger partial charge >= 0.3 is 5.97 Å². The molecular weight excluding hydrogens is 264 g/mol. The molecule has 0 fully saturated rings. The molecule has 9 heteroatoms. The Kier molecular flexibility index (Phi) is 4.34. The fraction of sp³-hybridized carbons (Fsp3) is 0.222. The lowest BCUT2D eigenvalue weighted by Crippen LogP contribution is -2.29. The molecule has 0 saturated carbocycles. The first-order valence-electron chi connectivity index (χ1n) is 4.72. The van der Waals surface area contributed by atoms with Crippen LogP contribution in [0.25, 0.3) is 0 Å². The summed E-state index contributed by atoms with van der Waals surface area (Å²) in [4.78, 5) is 20.1. The van der Waals surface area contributed by atoms with E-state index in [2.05, 4.69) is 4.72 Å². The third-order valence-electron chi connectivity index (χ3n) is 1.96. The molecule has 2 N–H and O–H groups in total. The summed E-state index contributed by atoms with van der Waals surface area (Å²) < 4.78 is 24.5. The average molecular weight is 274 g/mol. The molecule has 0 heterocycles. The Hall–Kier alpha value is -2.00. The molecule has 0 saturated heterocycles. The van der Waals surface area contributed by atoms with Gasteiger partial charge in [0.15, 0.2) is 5.75 Å². The van der Waals surface area contributed by atoms with Gasteiger partial charge in [-0.25, -0.2) is 13.1 Å². The third kappa shape index (κ3) is 4.47. The van der Waals surface area contributed by atoms with Crippen molar-refractivity contribution in [2.45, 2.75) is 6.54 Å². The monoisotopic (exact) mass is 274 g/mol. The molecule has 0 bridgehead atoms. The first-order valence-corrected chi connectivity index (χ1v) is 6.38. The maximum Gasteiger partial charge on any atom is 0.320 e. The van der Waals surface area contributed by atoms with Gasteiger partial charge in [-0.15, -0.1) is 0 Å². The van der Waals surface area contributed by atoms with Crippen molar-refractivity contribution in [1.29, 1.82) is 0 Å². The number of aliphatic carboxylic acids is 1. The fourth-order valence-electron chi connectivity index (χ4n) is 1.14. The van der Waals surface area contributed by atoms with Gasteiger partial charge in [0.1, 0.15) is 0 Å². The van der Waals surface area contributed by atoms with Gasteiger partial charge in [-0.2, -0.15) is 0 Å². The van der Waals surface area contributed by atoms with E-state index in [1.165, 1.54) is 24.3 Å². The lowest BCUT2D eigenvalue weighted by molar-refractivity contribution is -0.384.